The summed E-state index contributed by atoms with van der Waals surface area (Å²) in [7, 11) is 0. The molecule has 1 saturated heterocycles. The Labute approximate surface area is 102 Å². The van der Waals surface area contributed by atoms with Gasteiger partial charge in [-0.1, -0.05) is 0 Å². The van der Waals surface area contributed by atoms with Gasteiger partial charge in [-0.15, -0.1) is 0 Å². The van der Waals surface area contributed by atoms with Gasteiger partial charge in [0.05, 0.1) is 18.3 Å². The van der Waals surface area contributed by atoms with E-state index >= 15 is 0 Å². The summed E-state index contributed by atoms with van der Waals surface area (Å²) in [4.78, 5) is 6.59. The van der Waals surface area contributed by atoms with Crippen LogP contribution < -0.4 is 4.90 Å². The number of aliphatic hydroxyl groups is 1. The Balaban J connectivity index is 2.18. The Morgan fingerprint density at radius 1 is 1.41 bits per heavy atom. The van der Waals surface area contributed by atoms with Gasteiger partial charge in [0.15, 0.2) is 0 Å². The van der Waals surface area contributed by atoms with Gasteiger partial charge in [0.2, 0.25) is 0 Å². The number of aromatic nitrogens is 1. The van der Waals surface area contributed by atoms with E-state index in [1.807, 2.05) is 12.1 Å². The highest BCUT2D eigenvalue weighted by Gasteiger charge is 2.23. The molecule has 1 aliphatic rings. The molecule has 94 valence electrons. The van der Waals surface area contributed by atoms with Crippen LogP contribution in [0.15, 0.2) is 18.3 Å². The highest BCUT2D eigenvalue weighted by molar-refractivity contribution is 5.42. The first-order valence-electron chi connectivity index (χ1n) is 6.10. The molecule has 0 bridgehead atoms. The van der Waals surface area contributed by atoms with Gasteiger partial charge in [-0.05, 0) is 38.5 Å². The van der Waals surface area contributed by atoms with Crippen LogP contribution in [0.25, 0.3) is 0 Å². The summed E-state index contributed by atoms with van der Waals surface area (Å²) in [5.41, 5.74) is 0.904. The van der Waals surface area contributed by atoms with E-state index in [0.717, 1.165) is 24.5 Å². The molecule has 1 aromatic heterocycles. The fraction of sp³-hybridized carbons (Fsp3) is 0.615. The van der Waals surface area contributed by atoms with E-state index < -0.39 is 6.10 Å². The molecule has 4 nitrogen and oxygen atoms in total. The summed E-state index contributed by atoms with van der Waals surface area (Å²) < 4.78 is 5.70. The zero-order valence-corrected chi connectivity index (χ0v) is 10.6. The minimum atomic E-state index is -0.451. The Morgan fingerprint density at radius 3 is 2.65 bits per heavy atom. The van der Waals surface area contributed by atoms with Crippen molar-refractivity contribution in [2.24, 2.45) is 0 Å². The molecule has 17 heavy (non-hydrogen) atoms. The largest absolute Gasteiger partial charge is 0.389 e. The van der Waals surface area contributed by atoms with E-state index in [4.69, 9.17) is 4.74 Å². The smallest absolute Gasteiger partial charge is 0.129 e. The maximum atomic E-state index is 9.58. The number of morpholine rings is 1. The molecule has 1 fully saturated rings. The second-order valence-corrected chi connectivity index (χ2v) is 4.79. The number of hydrogen-bond donors (Lipinski definition) is 1. The molecule has 2 rings (SSSR count). The summed E-state index contributed by atoms with van der Waals surface area (Å²) in [5.74, 6) is 0.922. The van der Waals surface area contributed by atoms with Crippen LogP contribution in [0.3, 0.4) is 0 Å². The molecule has 1 aromatic rings. The number of nitrogens with zero attached hydrogens (tertiary/aromatic N) is 2. The topological polar surface area (TPSA) is 45.6 Å². The lowest BCUT2D eigenvalue weighted by Gasteiger charge is -2.36. The average molecular weight is 236 g/mol. The molecule has 0 saturated carbocycles. The monoisotopic (exact) mass is 236 g/mol. The molecule has 4 heteroatoms. The quantitative estimate of drug-likeness (QED) is 0.849. The van der Waals surface area contributed by atoms with Crippen LogP contribution in [-0.4, -0.2) is 35.4 Å². The molecule has 0 aromatic carbocycles. The number of rotatable bonds is 2. The van der Waals surface area contributed by atoms with E-state index in [1.54, 1.807) is 13.1 Å². The second-order valence-electron chi connectivity index (χ2n) is 4.79. The van der Waals surface area contributed by atoms with Crippen LogP contribution in [0, 0.1) is 0 Å². The lowest BCUT2D eigenvalue weighted by Crippen LogP contribution is -2.45. The third-order valence-corrected chi connectivity index (χ3v) is 3.00. The first-order chi connectivity index (χ1) is 8.06. The predicted octanol–water partition coefficient (Wildman–Crippen LogP) is 1.75. The van der Waals surface area contributed by atoms with Crippen molar-refractivity contribution in [2.45, 2.75) is 39.1 Å². The normalized spacial score (nSPS) is 26.9. The average Bonchev–Trinajstić information content (AvgIpc) is 2.28. The highest BCUT2D eigenvalue weighted by Crippen LogP contribution is 2.21. The van der Waals surface area contributed by atoms with Crippen molar-refractivity contribution in [1.29, 1.82) is 0 Å². The van der Waals surface area contributed by atoms with Gasteiger partial charge < -0.3 is 14.7 Å². The Kier molecular flexibility index (Phi) is 3.64. The first kappa shape index (κ1) is 12.3. The van der Waals surface area contributed by atoms with Crippen LogP contribution in [0.2, 0.25) is 0 Å². The standard InChI is InChI=1S/C13H20N2O2/c1-9-7-15(8-10(2)17-9)13-6-12(11(3)16)4-5-14-13/h4-6,9-11,16H,7-8H2,1-3H3/t9-,10+,11?. The molecule has 0 aliphatic carbocycles. The lowest BCUT2D eigenvalue weighted by molar-refractivity contribution is -0.00546. The minimum Gasteiger partial charge on any atom is -0.389 e. The summed E-state index contributed by atoms with van der Waals surface area (Å²) in [6.07, 6.45) is 1.74. The van der Waals surface area contributed by atoms with Gasteiger partial charge >= 0.3 is 0 Å². The van der Waals surface area contributed by atoms with Gasteiger partial charge in [0, 0.05) is 19.3 Å². The Bertz CT molecular complexity index is 371. The SMILES string of the molecule is CC(O)c1ccnc(N2C[C@@H](C)O[C@@H](C)C2)c1. The zero-order valence-electron chi connectivity index (χ0n) is 10.6. The molecule has 2 heterocycles. The third-order valence-electron chi connectivity index (χ3n) is 3.00. The first-order valence-corrected chi connectivity index (χ1v) is 6.10. The summed E-state index contributed by atoms with van der Waals surface area (Å²) in [6.45, 7) is 7.60. The summed E-state index contributed by atoms with van der Waals surface area (Å²) >= 11 is 0. The Morgan fingerprint density at radius 2 is 2.06 bits per heavy atom. The summed E-state index contributed by atoms with van der Waals surface area (Å²) in [6, 6.07) is 3.80. The van der Waals surface area contributed by atoms with Crippen molar-refractivity contribution < 1.29 is 9.84 Å². The number of pyridine rings is 1. The number of aliphatic hydroxyl groups excluding tert-OH is 1. The van der Waals surface area contributed by atoms with Crippen molar-refractivity contribution in [3.8, 4) is 0 Å². The van der Waals surface area contributed by atoms with Gasteiger partial charge in [0.1, 0.15) is 5.82 Å². The van der Waals surface area contributed by atoms with Crippen LogP contribution in [0.4, 0.5) is 5.82 Å². The van der Waals surface area contributed by atoms with Crippen LogP contribution in [0.1, 0.15) is 32.4 Å². The van der Waals surface area contributed by atoms with Crippen LogP contribution >= 0.6 is 0 Å². The van der Waals surface area contributed by atoms with E-state index in [0.29, 0.717) is 0 Å². The molecule has 1 N–H and O–H groups in total. The second kappa shape index (κ2) is 5.02. The Hall–Kier alpha value is -1.13. The molecule has 1 aliphatic heterocycles. The molecule has 1 unspecified atom stereocenters. The maximum Gasteiger partial charge on any atom is 0.129 e. The van der Waals surface area contributed by atoms with Gasteiger partial charge in [-0.3, -0.25) is 0 Å². The van der Waals surface area contributed by atoms with Crippen molar-refractivity contribution in [1.82, 2.24) is 4.98 Å². The van der Waals surface area contributed by atoms with Crippen molar-refractivity contribution in [3.63, 3.8) is 0 Å². The van der Waals surface area contributed by atoms with Crippen molar-refractivity contribution >= 4 is 5.82 Å². The molecule has 0 spiro atoms. The minimum absolute atomic E-state index is 0.218. The van der Waals surface area contributed by atoms with Crippen LogP contribution in [0.5, 0.6) is 0 Å². The van der Waals surface area contributed by atoms with Gasteiger partial charge in [0.25, 0.3) is 0 Å². The number of hydrogen-bond acceptors (Lipinski definition) is 4. The fourth-order valence-electron chi connectivity index (χ4n) is 2.23. The molecule has 0 amide bonds. The van der Waals surface area contributed by atoms with E-state index in [-0.39, 0.29) is 12.2 Å². The van der Waals surface area contributed by atoms with Gasteiger partial charge in [-0.2, -0.15) is 0 Å². The zero-order chi connectivity index (χ0) is 12.4. The van der Waals surface area contributed by atoms with E-state index in [9.17, 15) is 5.11 Å². The van der Waals surface area contributed by atoms with Crippen molar-refractivity contribution in [3.05, 3.63) is 23.9 Å². The molecular weight excluding hydrogens is 216 g/mol. The van der Waals surface area contributed by atoms with E-state index in [1.165, 1.54) is 0 Å². The fourth-order valence-corrected chi connectivity index (χ4v) is 2.23. The molecule has 3 atom stereocenters. The molecular formula is C13H20N2O2. The lowest BCUT2D eigenvalue weighted by atomic mass is 10.1. The van der Waals surface area contributed by atoms with E-state index in [2.05, 4.69) is 23.7 Å². The summed E-state index contributed by atoms with van der Waals surface area (Å²) in [5, 5.41) is 9.58. The third kappa shape index (κ3) is 2.96. The van der Waals surface area contributed by atoms with Gasteiger partial charge in [-0.25, -0.2) is 4.98 Å². The van der Waals surface area contributed by atoms with Crippen LogP contribution in [-0.2, 0) is 4.74 Å². The highest BCUT2D eigenvalue weighted by atomic mass is 16.5. The number of anilines is 1. The predicted molar refractivity (Wildman–Crippen MR) is 67.1 cm³/mol. The molecule has 0 radical (unpaired) electrons. The maximum absolute atomic E-state index is 9.58. The van der Waals surface area contributed by atoms with Crippen molar-refractivity contribution in [2.75, 3.05) is 18.0 Å². The number of ether oxygens (including phenoxy) is 1.